The van der Waals surface area contributed by atoms with Crippen molar-refractivity contribution >= 4 is 0 Å². The zero-order valence-electron chi connectivity index (χ0n) is 14.6. The summed E-state index contributed by atoms with van der Waals surface area (Å²) in [5.41, 5.74) is 1.18. The van der Waals surface area contributed by atoms with Crippen LogP contribution in [0.4, 0.5) is 0 Å². The molecule has 2 aliphatic heterocycles. The number of hydrogen-bond acceptors (Lipinski definition) is 6. The number of aromatic nitrogens is 4. The van der Waals surface area contributed by atoms with Gasteiger partial charge < -0.3 is 14.4 Å². The zero-order chi connectivity index (χ0) is 17.1. The first kappa shape index (κ1) is 16.5. The van der Waals surface area contributed by atoms with Crippen LogP contribution in [0.3, 0.4) is 0 Å². The molecule has 7 nitrogen and oxygen atoms in total. The Morgan fingerprint density at radius 3 is 2.80 bits per heavy atom. The average Bonchev–Trinajstić information content (AvgIpc) is 3.26. The van der Waals surface area contributed by atoms with Gasteiger partial charge in [-0.25, -0.2) is 4.98 Å². The van der Waals surface area contributed by atoms with Gasteiger partial charge in [-0.1, -0.05) is 0 Å². The molecule has 0 amide bonds. The van der Waals surface area contributed by atoms with Crippen LogP contribution in [0.1, 0.15) is 31.1 Å². The van der Waals surface area contributed by atoms with Gasteiger partial charge in [0.2, 0.25) is 5.88 Å². The maximum absolute atomic E-state index is 6.01. The Kier molecular flexibility index (Phi) is 4.94. The van der Waals surface area contributed by atoms with Crippen LogP contribution in [-0.4, -0.2) is 57.0 Å². The molecule has 2 aromatic heterocycles. The second-order valence-electron chi connectivity index (χ2n) is 6.88. The summed E-state index contributed by atoms with van der Waals surface area (Å²) in [4.78, 5) is 10.8. The van der Waals surface area contributed by atoms with Crippen LogP contribution < -0.4 is 4.74 Å². The molecular weight excluding hydrogens is 318 g/mol. The predicted octanol–water partition coefficient (Wildman–Crippen LogP) is 1.83. The van der Waals surface area contributed by atoms with Crippen molar-refractivity contribution in [1.29, 1.82) is 0 Å². The Morgan fingerprint density at radius 1 is 1.20 bits per heavy atom. The van der Waals surface area contributed by atoms with Crippen LogP contribution in [-0.2, 0) is 11.8 Å². The predicted molar refractivity (Wildman–Crippen MR) is 92.1 cm³/mol. The lowest BCUT2D eigenvalue weighted by Gasteiger charge is -2.34. The molecule has 2 aromatic rings. The second kappa shape index (κ2) is 7.49. The second-order valence-corrected chi connectivity index (χ2v) is 6.88. The number of aryl methyl sites for hydroxylation is 1. The monoisotopic (exact) mass is 343 g/mol. The van der Waals surface area contributed by atoms with E-state index in [2.05, 4.69) is 26.0 Å². The summed E-state index contributed by atoms with van der Waals surface area (Å²) < 4.78 is 13.9. The Balaban J connectivity index is 1.29. The lowest BCUT2D eigenvalue weighted by molar-refractivity contribution is 0.0538. The fourth-order valence-corrected chi connectivity index (χ4v) is 3.87. The number of nitrogens with zero attached hydrogens (tertiary/aromatic N) is 5. The van der Waals surface area contributed by atoms with E-state index in [1.165, 1.54) is 5.69 Å². The first-order valence-electron chi connectivity index (χ1n) is 9.04. The van der Waals surface area contributed by atoms with Crippen molar-refractivity contribution in [3.05, 3.63) is 36.5 Å². The number of hydrogen-bond donors (Lipinski definition) is 0. The minimum atomic E-state index is 0.168. The first-order chi connectivity index (χ1) is 12.3. The minimum Gasteiger partial charge on any atom is -0.473 e. The third-order valence-electron chi connectivity index (χ3n) is 5.22. The molecule has 0 spiro atoms. The molecular formula is C18H25N5O2. The van der Waals surface area contributed by atoms with Crippen LogP contribution in [0, 0.1) is 5.92 Å². The van der Waals surface area contributed by atoms with E-state index in [0.717, 1.165) is 45.5 Å². The van der Waals surface area contributed by atoms with Gasteiger partial charge in [0.1, 0.15) is 12.2 Å². The minimum absolute atomic E-state index is 0.168. The summed E-state index contributed by atoms with van der Waals surface area (Å²) in [6.07, 6.45) is 10.4. The number of piperidine rings is 1. The Labute approximate surface area is 148 Å². The van der Waals surface area contributed by atoms with Crippen molar-refractivity contribution in [2.75, 3.05) is 26.2 Å². The summed E-state index contributed by atoms with van der Waals surface area (Å²) in [6, 6.07) is 2.07. The smallest absolute Gasteiger partial charge is 0.232 e. The van der Waals surface area contributed by atoms with Crippen LogP contribution in [0.5, 0.6) is 5.88 Å². The van der Waals surface area contributed by atoms with E-state index in [1.807, 2.05) is 17.9 Å². The van der Waals surface area contributed by atoms with Gasteiger partial charge in [-0.05, 0) is 25.3 Å². The number of ether oxygens (including phenoxy) is 2. The van der Waals surface area contributed by atoms with E-state index >= 15 is 0 Å². The lowest BCUT2D eigenvalue weighted by atomic mass is 9.96. The fourth-order valence-electron chi connectivity index (χ4n) is 3.87. The molecule has 134 valence electrons. The van der Waals surface area contributed by atoms with Crippen molar-refractivity contribution in [2.24, 2.45) is 13.0 Å². The molecule has 0 unspecified atom stereocenters. The molecule has 0 aliphatic carbocycles. The summed E-state index contributed by atoms with van der Waals surface area (Å²) in [5.74, 6) is 1.16. The maximum atomic E-state index is 6.01. The molecule has 0 saturated carbocycles. The highest BCUT2D eigenvalue weighted by Crippen LogP contribution is 2.35. The quantitative estimate of drug-likeness (QED) is 0.825. The van der Waals surface area contributed by atoms with Crippen molar-refractivity contribution in [3.8, 4) is 5.88 Å². The molecule has 0 bridgehead atoms. The largest absolute Gasteiger partial charge is 0.473 e. The molecule has 2 atom stereocenters. The topological polar surface area (TPSA) is 65.3 Å². The molecule has 0 radical (unpaired) electrons. The summed E-state index contributed by atoms with van der Waals surface area (Å²) in [6.45, 7) is 4.03. The third kappa shape index (κ3) is 3.82. The lowest BCUT2D eigenvalue weighted by Crippen LogP contribution is -2.41. The van der Waals surface area contributed by atoms with Crippen LogP contribution in [0.2, 0.25) is 0 Å². The fraction of sp³-hybridized carbons (Fsp3) is 0.611. The van der Waals surface area contributed by atoms with E-state index in [0.29, 0.717) is 11.8 Å². The Bertz CT molecular complexity index is 669. The van der Waals surface area contributed by atoms with Gasteiger partial charge >= 0.3 is 0 Å². The molecule has 4 rings (SSSR count). The van der Waals surface area contributed by atoms with Gasteiger partial charge in [0, 0.05) is 57.8 Å². The van der Waals surface area contributed by atoms with E-state index in [-0.39, 0.29) is 12.2 Å². The highest BCUT2D eigenvalue weighted by molar-refractivity contribution is 5.08. The number of rotatable bonds is 5. The molecule has 0 N–H and O–H groups in total. The van der Waals surface area contributed by atoms with Crippen molar-refractivity contribution in [1.82, 2.24) is 24.6 Å². The third-order valence-corrected chi connectivity index (χ3v) is 5.22. The van der Waals surface area contributed by atoms with Gasteiger partial charge in [0.25, 0.3) is 0 Å². The SMILES string of the molecule is Cn1nccc1[C@@H]1OCC[C@H]1CN1CCC(Oc2cnccn2)CC1. The van der Waals surface area contributed by atoms with E-state index < -0.39 is 0 Å². The van der Waals surface area contributed by atoms with Crippen molar-refractivity contribution in [2.45, 2.75) is 31.5 Å². The van der Waals surface area contributed by atoms with Crippen LogP contribution in [0.25, 0.3) is 0 Å². The maximum Gasteiger partial charge on any atom is 0.232 e. The molecule has 2 fully saturated rings. The van der Waals surface area contributed by atoms with E-state index in [1.54, 1.807) is 18.6 Å². The Hall–Kier alpha value is -1.99. The normalized spacial score (nSPS) is 25.3. The summed E-state index contributed by atoms with van der Waals surface area (Å²) >= 11 is 0. The molecule has 25 heavy (non-hydrogen) atoms. The van der Waals surface area contributed by atoms with E-state index in [9.17, 15) is 0 Å². The zero-order valence-corrected chi connectivity index (χ0v) is 14.6. The summed E-state index contributed by atoms with van der Waals surface area (Å²) in [7, 11) is 1.99. The molecule has 2 aliphatic rings. The van der Waals surface area contributed by atoms with Crippen molar-refractivity contribution in [3.63, 3.8) is 0 Å². The van der Waals surface area contributed by atoms with Crippen molar-refractivity contribution < 1.29 is 9.47 Å². The molecule has 2 saturated heterocycles. The van der Waals surface area contributed by atoms with Gasteiger partial charge in [-0.2, -0.15) is 5.10 Å². The molecule has 4 heterocycles. The highest BCUT2D eigenvalue weighted by atomic mass is 16.5. The highest BCUT2D eigenvalue weighted by Gasteiger charge is 2.34. The average molecular weight is 343 g/mol. The van der Waals surface area contributed by atoms with Crippen LogP contribution >= 0.6 is 0 Å². The standard InChI is InChI=1S/C18H25N5O2/c1-22-16(2-6-21-22)18-14(5-11-24-18)13-23-9-3-15(4-10-23)25-17-12-19-7-8-20-17/h2,6-8,12,14-15,18H,3-5,9-11,13H2,1H3/t14-,18+/m0/s1. The molecule has 0 aromatic carbocycles. The number of likely N-dealkylation sites (tertiary alicyclic amines) is 1. The molecule has 7 heteroatoms. The van der Waals surface area contributed by atoms with Gasteiger partial charge in [-0.3, -0.25) is 9.67 Å². The Morgan fingerprint density at radius 2 is 2.08 bits per heavy atom. The van der Waals surface area contributed by atoms with Gasteiger partial charge in [0.05, 0.1) is 11.9 Å². The van der Waals surface area contributed by atoms with Gasteiger partial charge in [-0.15, -0.1) is 0 Å². The van der Waals surface area contributed by atoms with Gasteiger partial charge in [0.15, 0.2) is 0 Å². The van der Waals surface area contributed by atoms with Crippen LogP contribution in [0.15, 0.2) is 30.9 Å². The first-order valence-corrected chi connectivity index (χ1v) is 9.04. The summed E-state index contributed by atoms with van der Waals surface area (Å²) in [5, 5.41) is 4.29. The van der Waals surface area contributed by atoms with E-state index in [4.69, 9.17) is 9.47 Å².